The Bertz CT molecular complexity index is 1340. The summed E-state index contributed by atoms with van der Waals surface area (Å²) in [5.41, 5.74) is 5.32. The van der Waals surface area contributed by atoms with Crippen molar-refractivity contribution in [2.45, 2.75) is 26.7 Å². The monoisotopic (exact) mass is 570 g/mol. The summed E-state index contributed by atoms with van der Waals surface area (Å²) < 4.78 is 25.8. The lowest BCUT2D eigenvalue weighted by atomic mass is 9.82. The van der Waals surface area contributed by atoms with Crippen molar-refractivity contribution in [2.75, 3.05) is 19.3 Å². The van der Waals surface area contributed by atoms with Crippen LogP contribution in [0.4, 0.5) is 0 Å². The van der Waals surface area contributed by atoms with Crippen molar-refractivity contribution in [3.05, 3.63) is 77.4 Å². The third kappa shape index (κ3) is 7.62. The molecule has 40 heavy (non-hydrogen) atoms. The number of amides is 4. The summed E-state index contributed by atoms with van der Waals surface area (Å²) in [4.78, 5) is 52.5. The van der Waals surface area contributed by atoms with Crippen LogP contribution >= 0.6 is 0 Å². The van der Waals surface area contributed by atoms with Gasteiger partial charge in [-0.1, -0.05) is 68.5 Å². The number of allylic oxidation sites excluding steroid dienone is 1. The molecule has 0 radical (unpaired) electrons. The molecule has 11 nitrogen and oxygen atoms in total. The number of hydrogen-bond acceptors (Lipinski definition) is 7. The summed E-state index contributed by atoms with van der Waals surface area (Å²) >= 11 is 0. The van der Waals surface area contributed by atoms with Gasteiger partial charge in [-0.05, 0) is 36.5 Å². The average molecular weight is 571 g/mol. The number of hydrazine groups is 1. The van der Waals surface area contributed by atoms with E-state index < -0.39 is 52.0 Å². The van der Waals surface area contributed by atoms with Crippen LogP contribution in [0.1, 0.15) is 53.0 Å². The molecule has 0 aromatic heterocycles. The van der Waals surface area contributed by atoms with Crippen LogP contribution in [-0.4, -0.2) is 65.9 Å². The van der Waals surface area contributed by atoms with E-state index in [9.17, 15) is 32.8 Å². The first-order valence-corrected chi connectivity index (χ1v) is 14.7. The van der Waals surface area contributed by atoms with Gasteiger partial charge in [-0.15, -0.1) is 4.41 Å². The molecule has 3 rings (SSSR count). The normalized spacial score (nSPS) is 15.0. The molecule has 2 aromatic rings. The number of benzene rings is 2. The molecule has 3 N–H and O–H groups in total. The summed E-state index contributed by atoms with van der Waals surface area (Å²) in [5, 5.41) is 9.40. The number of carbonyl (C=O) groups is 4. The standard InChI is InChI=1S/C28H34N4O7S/c1-19(2)18-24(21(26(34)30-37)15-9-12-20-10-5-4-6-11-20)25(33)29-32(40(3,38)39)17-16-31-27(35)22-13-7-8-14-23(22)28(31)36/h4-14,19,21,24,37H,15-18H2,1-3H3,(H,29,33)(H,30,34)/b12-9+/t21-,24+/m0/s1. The number of hydroxylamine groups is 1. The van der Waals surface area contributed by atoms with Crippen LogP contribution in [0, 0.1) is 17.8 Å². The maximum absolute atomic E-state index is 13.5. The van der Waals surface area contributed by atoms with Crippen LogP contribution in [0.15, 0.2) is 60.7 Å². The highest BCUT2D eigenvalue weighted by atomic mass is 32.2. The van der Waals surface area contributed by atoms with Gasteiger partial charge in [0.2, 0.25) is 21.8 Å². The molecule has 0 aliphatic carbocycles. The zero-order chi connectivity index (χ0) is 29.4. The van der Waals surface area contributed by atoms with Crippen molar-refractivity contribution in [3.8, 4) is 0 Å². The molecule has 1 aliphatic rings. The van der Waals surface area contributed by atoms with E-state index in [-0.39, 0.29) is 36.4 Å². The Hall–Kier alpha value is -3.87. The first kappa shape index (κ1) is 30.7. The number of hydrogen-bond donors (Lipinski definition) is 3. The topological polar surface area (TPSA) is 153 Å². The number of rotatable bonds is 13. The van der Waals surface area contributed by atoms with Crippen molar-refractivity contribution in [1.82, 2.24) is 20.2 Å². The van der Waals surface area contributed by atoms with Gasteiger partial charge in [0.15, 0.2) is 0 Å². The summed E-state index contributed by atoms with van der Waals surface area (Å²) in [6.45, 7) is 3.01. The zero-order valence-corrected chi connectivity index (χ0v) is 23.4. The van der Waals surface area contributed by atoms with Gasteiger partial charge in [0.05, 0.1) is 35.8 Å². The number of carbonyl (C=O) groups excluding carboxylic acids is 4. The van der Waals surface area contributed by atoms with E-state index in [1.54, 1.807) is 29.8 Å². The Kier molecular flexibility index (Phi) is 10.3. The molecule has 0 spiro atoms. The van der Waals surface area contributed by atoms with Crippen LogP contribution < -0.4 is 10.9 Å². The molecule has 0 unspecified atom stereocenters. The van der Waals surface area contributed by atoms with Crippen LogP contribution in [-0.2, 0) is 19.6 Å². The van der Waals surface area contributed by atoms with Crippen molar-refractivity contribution in [2.24, 2.45) is 17.8 Å². The van der Waals surface area contributed by atoms with Gasteiger partial charge in [-0.2, -0.15) is 0 Å². The summed E-state index contributed by atoms with van der Waals surface area (Å²) in [6, 6.07) is 15.6. The predicted octanol–water partition coefficient (Wildman–Crippen LogP) is 2.46. The van der Waals surface area contributed by atoms with E-state index in [4.69, 9.17) is 0 Å². The first-order valence-electron chi connectivity index (χ1n) is 12.8. The number of nitrogens with zero attached hydrogens (tertiary/aromatic N) is 2. The molecule has 2 aromatic carbocycles. The van der Waals surface area contributed by atoms with Crippen LogP contribution in [0.2, 0.25) is 0 Å². The molecule has 0 fully saturated rings. The molecule has 0 saturated heterocycles. The highest BCUT2D eigenvalue weighted by Crippen LogP contribution is 2.26. The Morgan fingerprint density at radius 2 is 1.52 bits per heavy atom. The van der Waals surface area contributed by atoms with Crippen LogP contribution in [0.3, 0.4) is 0 Å². The summed E-state index contributed by atoms with van der Waals surface area (Å²) in [7, 11) is -4.03. The van der Waals surface area contributed by atoms with E-state index in [0.717, 1.165) is 16.7 Å². The smallest absolute Gasteiger partial charge is 0.261 e. The van der Waals surface area contributed by atoms with Gasteiger partial charge in [-0.25, -0.2) is 13.9 Å². The lowest BCUT2D eigenvalue weighted by Gasteiger charge is -2.29. The molecular weight excluding hydrogens is 536 g/mol. The maximum Gasteiger partial charge on any atom is 0.261 e. The summed E-state index contributed by atoms with van der Waals surface area (Å²) in [5.74, 6) is -4.70. The van der Waals surface area contributed by atoms with E-state index in [0.29, 0.717) is 4.41 Å². The van der Waals surface area contributed by atoms with Gasteiger partial charge >= 0.3 is 0 Å². The molecule has 0 bridgehead atoms. The molecule has 1 aliphatic heterocycles. The largest absolute Gasteiger partial charge is 0.289 e. The van der Waals surface area contributed by atoms with Gasteiger partial charge in [-0.3, -0.25) is 34.7 Å². The Labute approximate surface area is 233 Å². The second-order valence-corrected chi connectivity index (χ2v) is 11.9. The van der Waals surface area contributed by atoms with Crippen molar-refractivity contribution >= 4 is 39.7 Å². The highest BCUT2D eigenvalue weighted by Gasteiger charge is 2.38. The minimum Gasteiger partial charge on any atom is -0.289 e. The van der Waals surface area contributed by atoms with Gasteiger partial charge in [0, 0.05) is 6.54 Å². The fraction of sp³-hybridized carbons (Fsp3) is 0.357. The molecule has 214 valence electrons. The molecule has 2 atom stereocenters. The number of imide groups is 1. The predicted molar refractivity (Wildman–Crippen MR) is 148 cm³/mol. The second-order valence-electron chi connectivity index (χ2n) is 9.99. The van der Waals surface area contributed by atoms with Crippen molar-refractivity contribution in [1.29, 1.82) is 0 Å². The molecule has 0 saturated carbocycles. The fourth-order valence-corrected chi connectivity index (χ4v) is 5.23. The van der Waals surface area contributed by atoms with E-state index in [2.05, 4.69) is 5.43 Å². The highest BCUT2D eigenvalue weighted by molar-refractivity contribution is 7.88. The van der Waals surface area contributed by atoms with Crippen LogP contribution in [0.5, 0.6) is 0 Å². The quantitative estimate of drug-likeness (QED) is 0.190. The molecular formula is C28H34N4O7S. The third-order valence-electron chi connectivity index (χ3n) is 6.53. The number of nitrogens with one attached hydrogen (secondary N) is 2. The van der Waals surface area contributed by atoms with E-state index >= 15 is 0 Å². The van der Waals surface area contributed by atoms with E-state index in [1.165, 1.54) is 12.1 Å². The molecule has 1 heterocycles. The summed E-state index contributed by atoms with van der Waals surface area (Å²) in [6.07, 6.45) is 4.70. The average Bonchev–Trinajstić information content (AvgIpc) is 3.16. The molecule has 4 amide bonds. The van der Waals surface area contributed by atoms with Crippen molar-refractivity contribution in [3.63, 3.8) is 0 Å². The first-order chi connectivity index (χ1) is 18.9. The van der Waals surface area contributed by atoms with Crippen molar-refractivity contribution < 1.29 is 32.8 Å². The Balaban J connectivity index is 1.78. The second kappa shape index (κ2) is 13.5. The molecule has 12 heteroatoms. The van der Waals surface area contributed by atoms with Gasteiger partial charge in [0.25, 0.3) is 11.8 Å². The third-order valence-corrected chi connectivity index (χ3v) is 7.61. The number of sulfonamides is 1. The number of fused-ring (bicyclic) bond motifs is 1. The zero-order valence-electron chi connectivity index (χ0n) is 22.6. The fourth-order valence-electron chi connectivity index (χ4n) is 4.56. The minimum absolute atomic E-state index is 0.0483. The van der Waals surface area contributed by atoms with Gasteiger partial charge in [0.1, 0.15) is 0 Å². The van der Waals surface area contributed by atoms with Gasteiger partial charge < -0.3 is 0 Å². The Morgan fingerprint density at radius 1 is 0.950 bits per heavy atom. The Morgan fingerprint density at radius 3 is 2.05 bits per heavy atom. The SMILES string of the molecule is CC(C)C[C@@H](C(=O)NN(CCN1C(=O)c2ccccc2C1=O)S(C)(=O)=O)[C@H](C/C=C/c1ccccc1)C(=O)NO. The van der Waals surface area contributed by atoms with E-state index in [1.807, 2.05) is 44.2 Å². The maximum atomic E-state index is 13.5. The lowest BCUT2D eigenvalue weighted by molar-refractivity contribution is -0.141. The lowest BCUT2D eigenvalue weighted by Crippen LogP contribution is -2.53. The minimum atomic E-state index is -4.03. The van der Waals surface area contributed by atoms with Crippen LogP contribution in [0.25, 0.3) is 6.08 Å².